The van der Waals surface area contributed by atoms with Crippen molar-refractivity contribution in [2.45, 2.75) is 52.6 Å². The summed E-state index contributed by atoms with van der Waals surface area (Å²) in [7, 11) is 0. The second kappa shape index (κ2) is 10.8. The van der Waals surface area contributed by atoms with Gasteiger partial charge in [-0.1, -0.05) is 24.3 Å². The minimum Gasteiger partial charge on any atom is -0.380 e. The van der Waals surface area contributed by atoms with E-state index < -0.39 is 0 Å². The topological polar surface area (TPSA) is 64.6 Å². The lowest BCUT2D eigenvalue weighted by atomic mass is 9.99. The molecular weight excluding hydrogens is 460 g/mol. The van der Waals surface area contributed by atoms with Crippen molar-refractivity contribution in [3.8, 4) is 0 Å². The Morgan fingerprint density at radius 3 is 2.32 bits per heavy atom. The highest BCUT2D eigenvalue weighted by atomic mass is 16.2. The summed E-state index contributed by atoms with van der Waals surface area (Å²) >= 11 is 0. The first kappa shape index (κ1) is 25.1. The van der Waals surface area contributed by atoms with Gasteiger partial charge in [0.05, 0.1) is 22.6 Å². The number of hydrogen-bond acceptors (Lipinski definition) is 6. The summed E-state index contributed by atoms with van der Waals surface area (Å²) < 4.78 is 0. The number of aryl methyl sites for hydroxylation is 2. The van der Waals surface area contributed by atoms with E-state index in [1.807, 2.05) is 43.1 Å². The molecule has 2 aromatic heterocycles. The molecule has 1 atom stereocenters. The normalized spacial score (nSPS) is 18.7. The van der Waals surface area contributed by atoms with Crippen LogP contribution in [-0.2, 0) is 0 Å². The predicted octanol–water partition coefficient (Wildman–Crippen LogP) is 4.83. The second-order valence-corrected chi connectivity index (χ2v) is 10.4. The summed E-state index contributed by atoms with van der Waals surface area (Å²) in [6.45, 7) is 12.4. The van der Waals surface area contributed by atoms with Crippen LogP contribution in [0.3, 0.4) is 0 Å². The first-order valence-electron chi connectivity index (χ1n) is 13.4. The van der Waals surface area contributed by atoms with Crippen LogP contribution < -0.4 is 15.1 Å². The monoisotopic (exact) mass is 498 g/mol. The molecule has 2 fully saturated rings. The molecular formula is C30H38N6O. The summed E-state index contributed by atoms with van der Waals surface area (Å²) in [6, 6.07) is 17.1. The molecule has 0 saturated carbocycles. The Hall–Kier alpha value is -3.61. The zero-order valence-electron chi connectivity index (χ0n) is 22.4. The molecule has 0 bridgehead atoms. The molecule has 4 heterocycles. The van der Waals surface area contributed by atoms with Gasteiger partial charge in [-0.3, -0.25) is 9.78 Å². The summed E-state index contributed by atoms with van der Waals surface area (Å²) in [5, 5.41) is 3.76. The van der Waals surface area contributed by atoms with Gasteiger partial charge in [-0.25, -0.2) is 4.98 Å². The van der Waals surface area contributed by atoms with Crippen LogP contribution >= 0.6 is 0 Å². The maximum Gasteiger partial charge on any atom is 0.256 e. The standard InChI is InChI=1S/C30H38N6O/c1-21-20-35(18-19-36(21)26-10-6-5-7-11-26)30(37)28-22(2)29(24(4)32-23(28)3)33-25-13-16-34(17-14-25)27-12-8-9-15-31-27/h5-12,15,21,25,33H,13-14,16-20H2,1-4H3/t21-/m0/s1. The van der Waals surface area contributed by atoms with Crippen molar-refractivity contribution in [2.24, 2.45) is 0 Å². The third kappa shape index (κ3) is 5.26. The molecule has 1 aromatic carbocycles. The van der Waals surface area contributed by atoms with Crippen LogP contribution in [0, 0.1) is 20.8 Å². The summed E-state index contributed by atoms with van der Waals surface area (Å²) in [6.07, 6.45) is 3.89. The smallest absolute Gasteiger partial charge is 0.256 e. The van der Waals surface area contributed by atoms with Gasteiger partial charge in [-0.05, 0) is 70.4 Å². The number of piperazine rings is 1. The van der Waals surface area contributed by atoms with Gasteiger partial charge in [0.25, 0.3) is 5.91 Å². The minimum absolute atomic E-state index is 0.0927. The van der Waals surface area contributed by atoms with E-state index in [1.165, 1.54) is 5.69 Å². The van der Waals surface area contributed by atoms with Crippen molar-refractivity contribution in [3.63, 3.8) is 0 Å². The number of rotatable bonds is 5. The van der Waals surface area contributed by atoms with Gasteiger partial charge in [0.2, 0.25) is 0 Å². The Morgan fingerprint density at radius 2 is 1.65 bits per heavy atom. The van der Waals surface area contributed by atoms with Gasteiger partial charge in [-0.15, -0.1) is 0 Å². The van der Waals surface area contributed by atoms with Gasteiger partial charge < -0.3 is 20.0 Å². The van der Waals surface area contributed by atoms with Crippen LogP contribution in [-0.4, -0.2) is 65.6 Å². The molecule has 0 aliphatic carbocycles. The number of pyridine rings is 2. The molecule has 7 nitrogen and oxygen atoms in total. The SMILES string of the molecule is Cc1nc(C)c(C(=O)N2CCN(c3ccccc3)[C@@H](C)C2)c(C)c1NC1CCN(c2ccccn2)CC1. The Bertz CT molecular complexity index is 1220. The van der Waals surface area contributed by atoms with Gasteiger partial charge >= 0.3 is 0 Å². The maximum atomic E-state index is 13.8. The van der Waals surface area contributed by atoms with E-state index in [4.69, 9.17) is 4.98 Å². The molecule has 7 heteroatoms. The first-order chi connectivity index (χ1) is 17.9. The third-order valence-corrected chi connectivity index (χ3v) is 7.84. The highest BCUT2D eigenvalue weighted by molar-refractivity contribution is 5.98. The maximum absolute atomic E-state index is 13.8. The second-order valence-electron chi connectivity index (χ2n) is 10.4. The van der Waals surface area contributed by atoms with Crippen LogP contribution in [0.15, 0.2) is 54.7 Å². The van der Waals surface area contributed by atoms with E-state index in [0.717, 1.165) is 66.5 Å². The fraction of sp³-hybridized carbons (Fsp3) is 0.433. The van der Waals surface area contributed by atoms with E-state index >= 15 is 0 Å². The number of nitrogens with zero attached hydrogens (tertiary/aromatic N) is 5. The summed E-state index contributed by atoms with van der Waals surface area (Å²) in [4.78, 5) is 29.9. The molecule has 0 spiro atoms. The molecule has 3 aromatic rings. The van der Waals surface area contributed by atoms with E-state index in [2.05, 4.69) is 64.3 Å². The predicted molar refractivity (Wildman–Crippen MR) is 151 cm³/mol. The number of para-hydroxylation sites is 1. The van der Waals surface area contributed by atoms with Crippen molar-refractivity contribution in [3.05, 3.63) is 77.2 Å². The van der Waals surface area contributed by atoms with E-state index in [-0.39, 0.29) is 11.9 Å². The Morgan fingerprint density at radius 1 is 0.919 bits per heavy atom. The Kier molecular flexibility index (Phi) is 7.31. The number of carbonyl (C=O) groups excluding carboxylic acids is 1. The fourth-order valence-corrected chi connectivity index (χ4v) is 5.86. The zero-order chi connectivity index (χ0) is 25.9. The number of anilines is 3. The molecule has 2 aliphatic rings. The summed E-state index contributed by atoms with van der Waals surface area (Å²) in [5.41, 5.74) is 5.77. The molecule has 1 N–H and O–H groups in total. The van der Waals surface area contributed by atoms with Crippen LogP contribution in [0.1, 0.15) is 47.1 Å². The summed E-state index contributed by atoms with van der Waals surface area (Å²) in [5.74, 6) is 1.13. The lowest BCUT2D eigenvalue weighted by Gasteiger charge is -2.41. The first-order valence-corrected chi connectivity index (χ1v) is 13.4. The van der Waals surface area contributed by atoms with Gasteiger partial charge in [0, 0.05) is 56.7 Å². The van der Waals surface area contributed by atoms with Crippen LogP contribution in [0.4, 0.5) is 17.2 Å². The third-order valence-electron chi connectivity index (χ3n) is 7.84. The molecule has 37 heavy (non-hydrogen) atoms. The van der Waals surface area contributed by atoms with E-state index in [9.17, 15) is 4.79 Å². The highest BCUT2D eigenvalue weighted by Gasteiger charge is 2.30. The number of amides is 1. The molecule has 1 amide bonds. The van der Waals surface area contributed by atoms with E-state index in [1.54, 1.807) is 0 Å². The average molecular weight is 499 g/mol. The number of hydrogen-bond donors (Lipinski definition) is 1. The van der Waals surface area contributed by atoms with Crippen LogP contribution in [0.5, 0.6) is 0 Å². The van der Waals surface area contributed by atoms with Crippen LogP contribution in [0.2, 0.25) is 0 Å². The Balaban J connectivity index is 1.28. The largest absolute Gasteiger partial charge is 0.380 e. The number of carbonyl (C=O) groups is 1. The lowest BCUT2D eigenvalue weighted by molar-refractivity contribution is 0.0724. The molecule has 0 radical (unpaired) electrons. The van der Waals surface area contributed by atoms with Crippen molar-refractivity contribution < 1.29 is 4.79 Å². The Labute approximate surface area is 220 Å². The highest BCUT2D eigenvalue weighted by Crippen LogP contribution is 2.30. The molecule has 2 saturated heterocycles. The fourth-order valence-electron chi connectivity index (χ4n) is 5.86. The minimum atomic E-state index is 0.0927. The van der Waals surface area contributed by atoms with Gasteiger partial charge in [0.15, 0.2) is 0 Å². The van der Waals surface area contributed by atoms with Crippen LogP contribution in [0.25, 0.3) is 0 Å². The van der Waals surface area contributed by atoms with E-state index in [0.29, 0.717) is 19.1 Å². The van der Waals surface area contributed by atoms with Crippen molar-refractivity contribution in [1.29, 1.82) is 0 Å². The van der Waals surface area contributed by atoms with Crippen molar-refractivity contribution in [2.75, 3.05) is 47.8 Å². The number of piperidine rings is 1. The number of benzene rings is 1. The quantitative estimate of drug-likeness (QED) is 0.543. The lowest BCUT2D eigenvalue weighted by Crippen LogP contribution is -2.54. The molecule has 194 valence electrons. The zero-order valence-corrected chi connectivity index (χ0v) is 22.4. The number of aromatic nitrogens is 2. The molecule has 0 unspecified atom stereocenters. The van der Waals surface area contributed by atoms with Gasteiger partial charge in [-0.2, -0.15) is 0 Å². The molecule has 2 aliphatic heterocycles. The average Bonchev–Trinajstić information content (AvgIpc) is 2.92. The van der Waals surface area contributed by atoms with Gasteiger partial charge in [0.1, 0.15) is 5.82 Å². The van der Waals surface area contributed by atoms with Crippen molar-refractivity contribution in [1.82, 2.24) is 14.9 Å². The number of nitrogens with one attached hydrogen (secondary N) is 1. The van der Waals surface area contributed by atoms with Crippen molar-refractivity contribution >= 4 is 23.1 Å². The molecule has 5 rings (SSSR count).